The lowest BCUT2D eigenvalue weighted by Gasteiger charge is -2.15. The fourth-order valence-electron chi connectivity index (χ4n) is 2.01. The van der Waals surface area contributed by atoms with Crippen LogP contribution in [0.4, 0.5) is 16.2 Å². The highest BCUT2D eigenvalue weighted by atomic mass is 35.5. The zero-order valence-corrected chi connectivity index (χ0v) is 13.7. The number of anilines is 2. The van der Waals surface area contributed by atoms with E-state index in [0.29, 0.717) is 33.6 Å². The Morgan fingerprint density at radius 2 is 1.52 bits per heavy atom. The molecule has 0 heterocycles. The molecular weight excluding hydrogens is 320 g/mol. The zero-order chi connectivity index (χ0) is 16.8. The lowest BCUT2D eigenvalue weighted by Crippen LogP contribution is -2.19. The Morgan fingerprint density at radius 1 is 0.913 bits per heavy atom. The number of benzene rings is 2. The molecule has 2 rings (SSSR count). The molecule has 2 amide bonds. The fraction of sp³-hybridized carbons (Fsp3) is 0.188. The van der Waals surface area contributed by atoms with Gasteiger partial charge in [0.25, 0.3) is 0 Å². The molecule has 122 valence electrons. The largest absolute Gasteiger partial charge is 0.493 e. The highest BCUT2D eigenvalue weighted by Crippen LogP contribution is 2.39. The average Bonchev–Trinajstić information content (AvgIpc) is 2.53. The summed E-state index contributed by atoms with van der Waals surface area (Å²) in [6, 6.07) is 9.72. The summed E-state index contributed by atoms with van der Waals surface area (Å²) < 4.78 is 15.7. The Balaban J connectivity index is 2.17. The molecule has 0 spiro atoms. The van der Waals surface area contributed by atoms with Gasteiger partial charge in [0.15, 0.2) is 11.5 Å². The third kappa shape index (κ3) is 4.20. The molecule has 6 nitrogen and oxygen atoms in total. The van der Waals surface area contributed by atoms with Gasteiger partial charge in [0.2, 0.25) is 5.75 Å². The number of ether oxygens (including phenoxy) is 3. The average molecular weight is 337 g/mol. The molecule has 0 aliphatic carbocycles. The van der Waals surface area contributed by atoms with Gasteiger partial charge in [-0.15, -0.1) is 0 Å². The molecule has 0 aliphatic heterocycles. The molecule has 0 saturated heterocycles. The number of hydrogen-bond acceptors (Lipinski definition) is 4. The maximum absolute atomic E-state index is 12.1. The van der Waals surface area contributed by atoms with Crippen LogP contribution in [0.2, 0.25) is 5.02 Å². The highest BCUT2D eigenvalue weighted by Gasteiger charge is 2.14. The number of urea groups is 1. The molecule has 2 N–H and O–H groups in total. The van der Waals surface area contributed by atoms with Gasteiger partial charge in [-0.05, 0) is 18.2 Å². The van der Waals surface area contributed by atoms with Crippen LogP contribution in [0.25, 0.3) is 0 Å². The third-order valence-corrected chi connectivity index (χ3v) is 3.24. The molecule has 0 fully saturated rings. The molecule has 23 heavy (non-hydrogen) atoms. The number of methoxy groups -OCH3 is 3. The first-order chi connectivity index (χ1) is 11.1. The smallest absolute Gasteiger partial charge is 0.323 e. The molecule has 0 bridgehead atoms. The standard InChI is InChI=1S/C16H17ClN2O4/c1-21-13-8-12(9-14(22-2)15(13)23-3)19-16(20)18-11-6-4-5-10(17)7-11/h4-9H,1-3H3,(H2,18,19,20). The summed E-state index contributed by atoms with van der Waals surface area (Å²) in [7, 11) is 4.53. The van der Waals surface area contributed by atoms with Crippen molar-refractivity contribution < 1.29 is 19.0 Å². The van der Waals surface area contributed by atoms with Crippen molar-refractivity contribution in [1.29, 1.82) is 0 Å². The number of carbonyl (C=O) groups excluding carboxylic acids is 1. The molecule has 0 unspecified atom stereocenters. The van der Waals surface area contributed by atoms with Crippen LogP contribution < -0.4 is 24.8 Å². The van der Waals surface area contributed by atoms with E-state index in [9.17, 15) is 4.79 Å². The number of carbonyl (C=O) groups is 1. The summed E-state index contributed by atoms with van der Waals surface area (Å²) >= 11 is 5.88. The van der Waals surface area contributed by atoms with Gasteiger partial charge in [0, 0.05) is 22.8 Å². The summed E-state index contributed by atoms with van der Waals surface area (Å²) in [5, 5.41) is 5.93. The Kier molecular flexibility index (Phi) is 5.54. The maximum atomic E-state index is 12.1. The first-order valence-corrected chi connectivity index (χ1v) is 7.08. The van der Waals surface area contributed by atoms with Crippen LogP contribution in [0.15, 0.2) is 36.4 Å². The predicted octanol–water partition coefficient (Wildman–Crippen LogP) is 4.01. The van der Waals surface area contributed by atoms with Crippen molar-refractivity contribution in [3.63, 3.8) is 0 Å². The van der Waals surface area contributed by atoms with Gasteiger partial charge in [-0.25, -0.2) is 4.79 Å². The van der Waals surface area contributed by atoms with Crippen molar-refractivity contribution >= 4 is 29.0 Å². The van der Waals surface area contributed by atoms with Gasteiger partial charge in [0.1, 0.15) is 0 Å². The molecule has 0 saturated carbocycles. The Hall–Kier alpha value is -2.60. The SMILES string of the molecule is COc1cc(NC(=O)Nc2cccc(Cl)c2)cc(OC)c1OC. The van der Waals surface area contributed by atoms with Gasteiger partial charge < -0.3 is 24.8 Å². The van der Waals surface area contributed by atoms with E-state index in [1.807, 2.05) is 0 Å². The minimum atomic E-state index is -0.415. The third-order valence-electron chi connectivity index (χ3n) is 3.01. The number of halogens is 1. The lowest BCUT2D eigenvalue weighted by molar-refractivity contribution is 0.262. The van der Waals surface area contributed by atoms with Crippen LogP contribution in [0.5, 0.6) is 17.2 Å². The molecule has 2 aromatic rings. The molecule has 7 heteroatoms. The van der Waals surface area contributed by atoms with Crippen molar-refractivity contribution in [2.75, 3.05) is 32.0 Å². The van der Waals surface area contributed by atoms with Gasteiger partial charge >= 0.3 is 6.03 Å². The summed E-state index contributed by atoms with van der Waals surface area (Å²) in [5.41, 5.74) is 1.08. The molecule has 0 radical (unpaired) electrons. The van der Waals surface area contributed by atoms with Crippen LogP contribution in [0.3, 0.4) is 0 Å². The van der Waals surface area contributed by atoms with Crippen LogP contribution in [-0.4, -0.2) is 27.4 Å². The van der Waals surface area contributed by atoms with Crippen molar-refractivity contribution in [1.82, 2.24) is 0 Å². The van der Waals surface area contributed by atoms with E-state index in [1.165, 1.54) is 21.3 Å². The number of rotatable bonds is 5. The summed E-state index contributed by atoms with van der Waals surface area (Å²) in [6.07, 6.45) is 0. The van der Waals surface area contributed by atoms with Gasteiger partial charge in [-0.3, -0.25) is 0 Å². The van der Waals surface area contributed by atoms with Gasteiger partial charge in [-0.2, -0.15) is 0 Å². The Labute approximate surface area is 139 Å². The molecule has 0 aromatic heterocycles. The summed E-state index contributed by atoms with van der Waals surface area (Å²) in [6.45, 7) is 0. The summed E-state index contributed by atoms with van der Waals surface area (Å²) in [5.74, 6) is 1.35. The van der Waals surface area contributed by atoms with Crippen LogP contribution >= 0.6 is 11.6 Å². The molecule has 0 aliphatic rings. The van der Waals surface area contributed by atoms with Crippen molar-refractivity contribution in [3.8, 4) is 17.2 Å². The molecular formula is C16H17ClN2O4. The monoisotopic (exact) mass is 336 g/mol. The maximum Gasteiger partial charge on any atom is 0.323 e. The first kappa shape index (κ1) is 16.8. The van der Waals surface area contributed by atoms with Gasteiger partial charge in [0.05, 0.1) is 27.0 Å². The second-order valence-corrected chi connectivity index (χ2v) is 4.94. The minimum Gasteiger partial charge on any atom is -0.493 e. The second-order valence-electron chi connectivity index (χ2n) is 4.50. The first-order valence-electron chi connectivity index (χ1n) is 6.71. The van der Waals surface area contributed by atoms with E-state index in [-0.39, 0.29) is 0 Å². The van der Waals surface area contributed by atoms with E-state index in [1.54, 1.807) is 36.4 Å². The highest BCUT2D eigenvalue weighted by molar-refractivity contribution is 6.30. The molecule has 0 atom stereocenters. The van der Waals surface area contributed by atoms with Gasteiger partial charge in [-0.1, -0.05) is 17.7 Å². The Morgan fingerprint density at radius 3 is 2.04 bits per heavy atom. The topological polar surface area (TPSA) is 68.8 Å². The Bertz CT molecular complexity index is 681. The van der Waals surface area contributed by atoms with E-state index >= 15 is 0 Å². The second kappa shape index (κ2) is 7.60. The number of amides is 2. The quantitative estimate of drug-likeness (QED) is 0.865. The fourth-order valence-corrected chi connectivity index (χ4v) is 2.20. The van der Waals surface area contributed by atoms with E-state index in [2.05, 4.69) is 10.6 Å². The number of nitrogens with one attached hydrogen (secondary N) is 2. The zero-order valence-electron chi connectivity index (χ0n) is 13.0. The lowest BCUT2D eigenvalue weighted by atomic mass is 10.2. The van der Waals surface area contributed by atoms with Crippen LogP contribution in [0.1, 0.15) is 0 Å². The number of hydrogen-bond donors (Lipinski definition) is 2. The molecule has 2 aromatic carbocycles. The summed E-state index contributed by atoms with van der Waals surface area (Å²) in [4.78, 5) is 12.1. The van der Waals surface area contributed by atoms with E-state index < -0.39 is 6.03 Å². The van der Waals surface area contributed by atoms with Crippen LogP contribution in [0, 0.1) is 0 Å². The van der Waals surface area contributed by atoms with Crippen molar-refractivity contribution in [2.45, 2.75) is 0 Å². The minimum absolute atomic E-state index is 0.415. The van der Waals surface area contributed by atoms with Crippen LogP contribution in [-0.2, 0) is 0 Å². The normalized spacial score (nSPS) is 9.91. The van der Waals surface area contributed by atoms with E-state index in [4.69, 9.17) is 25.8 Å². The van der Waals surface area contributed by atoms with Crippen molar-refractivity contribution in [2.24, 2.45) is 0 Å². The predicted molar refractivity (Wildman–Crippen MR) is 90.2 cm³/mol. The van der Waals surface area contributed by atoms with Crippen molar-refractivity contribution in [3.05, 3.63) is 41.4 Å². The van der Waals surface area contributed by atoms with E-state index in [0.717, 1.165) is 0 Å².